The van der Waals surface area contributed by atoms with Gasteiger partial charge in [0.25, 0.3) is 0 Å². The molecule has 1 saturated carbocycles. The molecule has 180 valence electrons. The van der Waals surface area contributed by atoms with E-state index in [2.05, 4.69) is 139 Å². The molecule has 5 aromatic rings. The van der Waals surface area contributed by atoms with E-state index in [0.717, 1.165) is 6.42 Å². The molecule has 2 unspecified atom stereocenters. The molecule has 1 aliphatic heterocycles. The zero-order chi connectivity index (χ0) is 24.9. The third-order valence-electron chi connectivity index (χ3n) is 8.78. The van der Waals surface area contributed by atoms with Crippen molar-refractivity contribution in [2.75, 3.05) is 4.90 Å². The Morgan fingerprint density at radius 1 is 0.730 bits per heavy atom. The van der Waals surface area contributed by atoms with Gasteiger partial charge in [0, 0.05) is 39.3 Å². The smallest absolute Gasteiger partial charge is 0.0780 e. The number of fused-ring (bicyclic) bond motifs is 5. The number of benzene rings is 4. The van der Waals surface area contributed by atoms with E-state index in [1.54, 1.807) is 0 Å². The van der Waals surface area contributed by atoms with E-state index in [0.29, 0.717) is 5.92 Å². The first-order chi connectivity index (χ1) is 18.0. The fraction of sp³-hybridized carbons (Fsp3) is 0.200. The second-order valence-corrected chi connectivity index (χ2v) is 11.9. The lowest BCUT2D eigenvalue weighted by Gasteiger charge is -2.31. The quantitative estimate of drug-likeness (QED) is 0.246. The van der Waals surface area contributed by atoms with Crippen LogP contribution in [0, 0.1) is 5.92 Å². The number of anilines is 2. The second-order valence-electron chi connectivity index (χ2n) is 11.9. The second kappa shape index (κ2) is 7.04. The Morgan fingerprint density at radius 3 is 2.03 bits per heavy atom. The maximum atomic E-state index is 2.63. The number of hydrogen-bond acceptors (Lipinski definition) is 1. The molecular formula is C35H30N2. The molecule has 0 bridgehead atoms. The molecule has 0 saturated heterocycles. The van der Waals surface area contributed by atoms with E-state index >= 15 is 0 Å². The Morgan fingerprint density at radius 2 is 1.35 bits per heavy atom. The number of para-hydroxylation sites is 3. The van der Waals surface area contributed by atoms with Crippen molar-refractivity contribution in [3.8, 4) is 0 Å². The predicted octanol–water partition coefficient (Wildman–Crippen LogP) is 8.94. The minimum Gasteiger partial charge on any atom is -0.330 e. The van der Waals surface area contributed by atoms with Crippen LogP contribution in [0.2, 0.25) is 0 Å². The molecule has 3 aliphatic rings. The summed E-state index contributed by atoms with van der Waals surface area (Å²) in [6.45, 7) is 6.85. The van der Waals surface area contributed by atoms with Crippen LogP contribution in [0.3, 0.4) is 0 Å². The summed E-state index contributed by atoms with van der Waals surface area (Å²) in [6, 6.07) is 35.9. The molecule has 0 radical (unpaired) electrons. The van der Waals surface area contributed by atoms with E-state index < -0.39 is 0 Å². The molecule has 37 heavy (non-hydrogen) atoms. The summed E-state index contributed by atoms with van der Waals surface area (Å²) in [7, 11) is 0. The summed E-state index contributed by atoms with van der Waals surface area (Å²) in [5.74, 6) is 0.483. The minimum absolute atomic E-state index is 0.0230. The molecule has 1 spiro atoms. The molecule has 1 fully saturated rings. The van der Waals surface area contributed by atoms with Gasteiger partial charge in [-0.1, -0.05) is 93.6 Å². The number of rotatable bonds is 2. The molecule has 8 rings (SSSR count). The molecular weight excluding hydrogens is 448 g/mol. The van der Waals surface area contributed by atoms with E-state index in [4.69, 9.17) is 0 Å². The van der Waals surface area contributed by atoms with Crippen LogP contribution in [-0.2, 0) is 5.41 Å². The van der Waals surface area contributed by atoms with Gasteiger partial charge in [0.05, 0.1) is 16.6 Å². The highest BCUT2D eigenvalue weighted by molar-refractivity contribution is 6.12. The molecule has 4 aromatic carbocycles. The normalized spacial score (nSPS) is 21.9. The van der Waals surface area contributed by atoms with Crippen LogP contribution >= 0.6 is 0 Å². The third-order valence-corrected chi connectivity index (χ3v) is 8.78. The van der Waals surface area contributed by atoms with Crippen molar-refractivity contribution in [3.05, 3.63) is 120 Å². The summed E-state index contributed by atoms with van der Waals surface area (Å²) in [4.78, 5) is 2.63. The van der Waals surface area contributed by atoms with Crippen LogP contribution in [0.1, 0.15) is 38.3 Å². The van der Waals surface area contributed by atoms with Gasteiger partial charge < -0.3 is 9.47 Å². The van der Waals surface area contributed by atoms with Gasteiger partial charge >= 0.3 is 0 Å². The summed E-state index contributed by atoms with van der Waals surface area (Å²) in [5.41, 5.74) is 10.9. The molecule has 0 N–H and O–H groups in total. The lowest BCUT2D eigenvalue weighted by atomic mass is 9.87. The molecule has 2 nitrogen and oxygen atoms in total. The number of hydrogen-bond donors (Lipinski definition) is 0. The highest BCUT2D eigenvalue weighted by atomic mass is 15.3. The average Bonchev–Trinajstić information content (AvgIpc) is 3.44. The number of aromatic nitrogens is 1. The Hall–Kier alpha value is -4.04. The van der Waals surface area contributed by atoms with Gasteiger partial charge in [-0.3, -0.25) is 0 Å². The topological polar surface area (TPSA) is 8.17 Å². The maximum Gasteiger partial charge on any atom is 0.0780 e. The van der Waals surface area contributed by atoms with Gasteiger partial charge in [-0.2, -0.15) is 0 Å². The molecule has 0 amide bonds. The van der Waals surface area contributed by atoms with Crippen LogP contribution in [0.15, 0.2) is 109 Å². The Kier molecular flexibility index (Phi) is 4.01. The lowest BCUT2D eigenvalue weighted by molar-refractivity contribution is 0.590. The fourth-order valence-electron chi connectivity index (χ4n) is 6.93. The lowest BCUT2D eigenvalue weighted by Crippen LogP contribution is -2.32. The fourth-order valence-corrected chi connectivity index (χ4v) is 6.93. The number of allylic oxidation sites excluding steroid dienone is 2. The maximum absolute atomic E-state index is 2.63. The van der Waals surface area contributed by atoms with Crippen molar-refractivity contribution in [1.82, 2.24) is 4.57 Å². The van der Waals surface area contributed by atoms with E-state index in [-0.39, 0.29) is 11.0 Å². The zero-order valence-corrected chi connectivity index (χ0v) is 21.6. The van der Waals surface area contributed by atoms with Crippen LogP contribution in [0.5, 0.6) is 0 Å². The van der Waals surface area contributed by atoms with Crippen molar-refractivity contribution in [3.63, 3.8) is 0 Å². The molecule has 2 aliphatic carbocycles. The van der Waals surface area contributed by atoms with Gasteiger partial charge in [0.15, 0.2) is 0 Å². The van der Waals surface area contributed by atoms with Crippen molar-refractivity contribution in [1.29, 1.82) is 0 Å². The van der Waals surface area contributed by atoms with E-state index in [1.165, 1.54) is 55.6 Å². The van der Waals surface area contributed by atoms with Gasteiger partial charge in [0.2, 0.25) is 0 Å². The zero-order valence-electron chi connectivity index (χ0n) is 21.6. The van der Waals surface area contributed by atoms with Gasteiger partial charge in [0.1, 0.15) is 0 Å². The van der Waals surface area contributed by atoms with Crippen molar-refractivity contribution in [2.24, 2.45) is 5.92 Å². The minimum atomic E-state index is 0.0230. The summed E-state index contributed by atoms with van der Waals surface area (Å²) < 4.78 is 2.48. The van der Waals surface area contributed by atoms with Crippen molar-refractivity contribution in [2.45, 2.75) is 38.1 Å². The molecule has 2 atom stereocenters. The van der Waals surface area contributed by atoms with Gasteiger partial charge in [-0.05, 0) is 59.4 Å². The Labute approximate surface area is 218 Å². The van der Waals surface area contributed by atoms with Crippen LogP contribution in [0.25, 0.3) is 33.1 Å². The highest BCUT2D eigenvalue weighted by Crippen LogP contribution is 2.68. The van der Waals surface area contributed by atoms with Gasteiger partial charge in [-0.15, -0.1) is 0 Å². The van der Waals surface area contributed by atoms with Crippen LogP contribution < -0.4 is 4.90 Å². The van der Waals surface area contributed by atoms with E-state index in [1.807, 2.05) is 0 Å². The summed E-state index contributed by atoms with van der Waals surface area (Å²) in [5, 5.41) is 2.63. The van der Waals surface area contributed by atoms with Crippen LogP contribution in [0.4, 0.5) is 11.4 Å². The van der Waals surface area contributed by atoms with Crippen LogP contribution in [-0.4, -0.2) is 10.1 Å². The SMILES string of the molecule is CC(C)(C)c1ccc(N2c3ccccc3C3=CC(n4c5ccccc5c5ccccc54)=CC4CC342)cc1. The molecule has 2 heterocycles. The summed E-state index contributed by atoms with van der Waals surface area (Å²) in [6.07, 6.45) is 6.16. The average molecular weight is 479 g/mol. The Bertz CT molecular complexity index is 1740. The van der Waals surface area contributed by atoms with Gasteiger partial charge in [-0.25, -0.2) is 0 Å². The Balaban J connectivity index is 1.31. The largest absolute Gasteiger partial charge is 0.330 e. The molecule has 2 heteroatoms. The first-order valence-corrected chi connectivity index (χ1v) is 13.4. The van der Waals surface area contributed by atoms with Crippen molar-refractivity contribution >= 4 is 44.5 Å². The monoisotopic (exact) mass is 478 g/mol. The third kappa shape index (κ3) is 2.76. The number of nitrogens with zero attached hydrogens (tertiary/aromatic N) is 2. The highest BCUT2D eigenvalue weighted by Gasteiger charge is 2.65. The molecule has 1 aromatic heterocycles. The first kappa shape index (κ1) is 21.1. The van der Waals surface area contributed by atoms with Crippen molar-refractivity contribution < 1.29 is 0 Å². The predicted molar refractivity (Wildman–Crippen MR) is 156 cm³/mol. The van der Waals surface area contributed by atoms with E-state index in [9.17, 15) is 0 Å². The standard InChI is InChI=1S/C35H30N2/c1-34(2,3)23-16-18-25(19-17-23)37-33-15-9-6-12-29(33)30-21-26(20-24-22-35(24,30)37)36-31-13-7-4-10-27(31)28-11-5-8-14-32(28)36/h4-21,24H,22H2,1-3H3. The first-order valence-electron chi connectivity index (χ1n) is 13.4. The summed E-state index contributed by atoms with van der Waals surface area (Å²) >= 11 is 0.